The molecule has 200 valence electrons. The number of methoxy groups -OCH3 is 2. The molecule has 0 spiro atoms. The van der Waals surface area contributed by atoms with Crippen molar-refractivity contribution in [1.29, 1.82) is 0 Å². The summed E-state index contributed by atoms with van der Waals surface area (Å²) in [6, 6.07) is 7.53. The zero-order valence-electron chi connectivity index (χ0n) is 22.0. The molecular formula is C28H32N5O5-. The lowest BCUT2D eigenvalue weighted by atomic mass is 10.1. The van der Waals surface area contributed by atoms with Crippen LogP contribution in [0.3, 0.4) is 0 Å². The van der Waals surface area contributed by atoms with Gasteiger partial charge in [-0.1, -0.05) is 24.0 Å². The van der Waals surface area contributed by atoms with Crippen LogP contribution in [0, 0.1) is 23.0 Å². The number of pyridine rings is 1. The van der Waals surface area contributed by atoms with Gasteiger partial charge in [0, 0.05) is 56.0 Å². The molecule has 1 fully saturated rings. The van der Waals surface area contributed by atoms with Gasteiger partial charge < -0.3 is 29.7 Å². The number of hydrogen-bond acceptors (Lipinski definition) is 8. The molecular weight excluding hydrogens is 486 g/mol. The minimum absolute atomic E-state index is 0.00504. The largest absolute Gasteiger partial charge is 0.733 e. The molecule has 2 aliphatic rings. The summed E-state index contributed by atoms with van der Waals surface area (Å²) in [7, 11) is 3.02. The minimum Gasteiger partial charge on any atom is -0.733 e. The van der Waals surface area contributed by atoms with Crippen LogP contribution in [-0.4, -0.2) is 65.9 Å². The van der Waals surface area contributed by atoms with Gasteiger partial charge in [-0.3, -0.25) is 5.21 Å². The van der Waals surface area contributed by atoms with Gasteiger partial charge >= 0.3 is 6.03 Å². The second-order valence-electron chi connectivity index (χ2n) is 9.09. The smallest absolute Gasteiger partial charge is 0.330 e. The first kappa shape index (κ1) is 26.9. The molecule has 10 nitrogen and oxygen atoms in total. The van der Waals surface area contributed by atoms with Crippen molar-refractivity contribution < 1.29 is 19.5 Å². The van der Waals surface area contributed by atoms with Crippen LogP contribution in [0.1, 0.15) is 20.3 Å². The fourth-order valence-corrected chi connectivity index (χ4v) is 4.64. The third kappa shape index (κ3) is 5.69. The Labute approximate surface area is 222 Å². The van der Waals surface area contributed by atoms with Crippen LogP contribution in [0.4, 0.5) is 22.0 Å². The number of benzene rings is 1. The van der Waals surface area contributed by atoms with Crippen molar-refractivity contribution in [3.8, 4) is 23.3 Å². The minimum atomic E-state index is -0.384. The predicted molar refractivity (Wildman–Crippen MR) is 145 cm³/mol. The van der Waals surface area contributed by atoms with Crippen molar-refractivity contribution in [3.05, 3.63) is 65.7 Å². The van der Waals surface area contributed by atoms with E-state index in [0.29, 0.717) is 43.2 Å². The number of carbonyl (C=O) groups excluding carboxylic acids is 1. The molecule has 0 saturated carbocycles. The van der Waals surface area contributed by atoms with E-state index in [1.807, 2.05) is 6.08 Å². The molecule has 1 saturated heterocycles. The topological polar surface area (TPSA) is 105 Å². The number of ether oxygens (including phenoxy) is 2. The summed E-state index contributed by atoms with van der Waals surface area (Å²) in [5, 5.41) is 21.5. The van der Waals surface area contributed by atoms with Crippen LogP contribution in [-0.2, 0) is 0 Å². The van der Waals surface area contributed by atoms with E-state index < -0.39 is 0 Å². The summed E-state index contributed by atoms with van der Waals surface area (Å²) < 4.78 is 10.8. The fourth-order valence-electron chi connectivity index (χ4n) is 4.64. The maximum atomic E-state index is 14.1. The number of hydrogen-bond donors (Lipinski definition) is 1. The molecule has 1 aromatic heterocycles. The van der Waals surface area contributed by atoms with Crippen molar-refractivity contribution >= 4 is 23.2 Å². The standard InChI is InChI=1S/C28H32N5O5/c1-20-8-5-10-22(11-6-9-20)31-17-16-30(19-21(31)2)28(34)32(27-24(33(35)36)12-7-15-29-27)23-13-14-25(37-3)26(18-23)38-4/h5,7-8,10,12-15,18,20-21,35H,11,16-17,19H2,1-4H3/q-1. The second-order valence-corrected chi connectivity index (χ2v) is 9.09. The number of urea groups is 1. The lowest BCUT2D eigenvalue weighted by Gasteiger charge is -2.43. The van der Waals surface area contributed by atoms with Crippen molar-refractivity contribution in [3.63, 3.8) is 0 Å². The Morgan fingerprint density at radius 2 is 1.97 bits per heavy atom. The van der Waals surface area contributed by atoms with Crippen molar-refractivity contribution in [2.24, 2.45) is 5.92 Å². The number of anilines is 3. The average Bonchev–Trinajstić information content (AvgIpc) is 2.91. The van der Waals surface area contributed by atoms with E-state index in [1.165, 1.54) is 37.4 Å². The van der Waals surface area contributed by atoms with E-state index in [1.54, 1.807) is 23.1 Å². The summed E-state index contributed by atoms with van der Waals surface area (Å²) in [5.74, 6) is 7.58. The van der Waals surface area contributed by atoms with Crippen molar-refractivity contribution in [1.82, 2.24) is 14.8 Å². The van der Waals surface area contributed by atoms with Crippen molar-refractivity contribution in [2.75, 3.05) is 44.0 Å². The summed E-state index contributed by atoms with van der Waals surface area (Å²) in [6.07, 6.45) is 8.32. The Morgan fingerprint density at radius 3 is 2.68 bits per heavy atom. The summed E-state index contributed by atoms with van der Waals surface area (Å²) in [4.78, 5) is 23.7. The number of carbonyl (C=O) groups is 1. The Balaban J connectivity index is 1.66. The molecule has 0 bridgehead atoms. The molecule has 4 rings (SSSR count). The number of aromatic nitrogens is 1. The highest BCUT2D eigenvalue weighted by atomic mass is 16.8. The van der Waals surface area contributed by atoms with Gasteiger partial charge in [0.1, 0.15) is 0 Å². The van der Waals surface area contributed by atoms with E-state index >= 15 is 0 Å². The van der Waals surface area contributed by atoms with Gasteiger partial charge in [-0.25, -0.2) is 14.7 Å². The number of piperazine rings is 1. The first-order chi connectivity index (χ1) is 18.3. The molecule has 2 atom stereocenters. The zero-order valence-corrected chi connectivity index (χ0v) is 22.0. The molecule has 2 amide bonds. The van der Waals surface area contributed by atoms with E-state index in [0.717, 1.165) is 5.70 Å². The Hall–Kier alpha value is -4.20. The SMILES string of the molecule is COc1ccc(N(C(=O)N2CCN(C3=CC=CC(C)C#CC3)C(C)C2)c2ncccc2N([O-])O)cc1OC. The van der Waals surface area contributed by atoms with Crippen LogP contribution in [0.5, 0.6) is 11.5 Å². The van der Waals surface area contributed by atoms with Crippen LogP contribution in [0.25, 0.3) is 0 Å². The highest BCUT2D eigenvalue weighted by Crippen LogP contribution is 2.38. The normalized spacial score (nSPS) is 18.9. The number of allylic oxidation sites excluding steroid dienone is 4. The highest BCUT2D eigenvalue weighted by molar-refractivity contribution is 6.01. The maximum absolute atomic E-state index is 14.1. The third-order valence-corrected chi connectivity index (χ3v) is 6.56. The van der Waals surface area contributed by atoms with Crippen LogP contribution in [0.2, 0.25) is 0 Å². The summed E-state index contributed by atoms with van der Waals surface area (Å²) in [6.45, 7) is 5.64. The molecule has 2 aromatic rings. The Bertz CT molecular complexity index is 1280. The predicted octanol–water partition coefficient (Wildman–Crippen LogP) is 4.54. The zero-order chi connectivity index (χ0) is 27.2. The molecule has 1 N–H and O–H groups in total. The van der Waals surface area contributed by atoms with E-state index in [9.17, 15) is 15.2 Å². The van der Waals surface area contributed by atoms with Gasteiger partial charge in [-0.15, -0.1) is 0 Å². The third-order valence-electron chi connectivity index (χ3n) is 6.56. The maximum Gasteiger partial charge on any atom is 0.330 e. The number of amides is 2. The lowest BCUT2D eigenvalue weighted by Crippen LogP contribution is -2.55. The van der Waals surface area contributed by atoms with Crippen LogP contribution < -0.4 is 19.6 Å². The highest BCUT2D eigenvalue weighted by Gasteiger charge is 2.33. The number of rotatable bonds is 6. The van der Waals surface area contributed by atoms with Gasteiger partial charge in [0.25, 0.3) is 0 Å². The molecule has 1 aliphatic heterocycles. The van der Waals surface area contributed by atoms with Crippen LogP contribution >= 0.6 is 0 Å². The van der Waals surface area contributed by atoms with E-state index in [-0.39, 0.29) is 34.7 Å². The fraction of sp³-hybridized carbons (Fsp3) is 0.357. The van der Waals surface area contributed by atoms with E-state index in [4.69, 9.17) is 9.47 Å². The first-order valence-corrected chi connectivity index (χ1v) is 12.4. The number of nitrogens with zero attached hydrogens (tertiary/aromatic N) is 5. The monoisotopic (exact) mass is 518 g/mol. The second kappa shape index (κ2) is 11.9. The van der Waals surface area contributed by atoms with Gasteiger partial charge in [0.2, 0.25) is 0 Å². The first-order valence-electron chi connectivity index (χ1n) is 12.4. The Kier molecular flexibility index (Phi) is 8.41. The molecule has 1 aliphatic carbocycles. The molecule has 1 aromatic carbocycles. The summed E-state index contributed by atoms with van der Waals surface area (Å²) >= 11 is 0. The van der Waals surface area contributed by atoms with Crippen LogP contribution in [0.15, 0.2) is 60.5 Å². The molecule has 0 radical (unpaired) electrons. The van der Waals surface area contributed by atoms with Crippen molar-refractivity contribution in [2.45, 2.75) is 26.3 Å². The molecule has 2 heterocycles. The quantitative estimate of drug-likeness (QED) is 0.439. The van der Waals surface area contributed by atoms with E-state index in [2.05, 4.69) is 47.7 Å². The average molecular weight is 519 g/mol. The van der Waals surface area contributed by atoms with Gasteiger partial charge in [0.05, 0.1) is 25.6 Å². The molecule has 10 heteroatoms. The van der Waals surface area contributed by atoms with Gasteiger partial charge in [-0.05, 0) is 44.2 Å². The summed E-state index contributed by atoms with van der Waals surface area (Å²) in [5.41, 5.74) is 1.36. The lowest BCUT2D eigenvalue weighted by molar-refractivity contribution is 0.126. The molecule has 38 heavy (non-hydrogen) atoms. The molecule has 2 unspecified atom stereocenters. The van der Waals surface area contributed by atoms with Gasteiger partial charge in [0.15, 0.2) is 17.3 Å². The van der Waals surface area contributed by atoms with Gasteiger partial charge in [-0.2, -0.15) is 0 Å². The Morgan fingerprint density at radius 1 is 1.18 bits per heavy atom.